The molecule has 1 saturated heterocycles. The molecular weight excluding hydrogens is 240 g/mol. The molecule has 0 radical (unpaired) electrons. The Morgan fingerprint density at radius 2 is 2.32 bits per heavy atom. The van der Waals surface area contributed by atoms with Gasteiger partial charge in [0, 0.05) is 31.4 Å². The fourth-order valence-electron chi connectivity index (χ4n) is 2.62. The van der Waals surface area contributed by atoms with E-state index in [0.717, 1.165) is 31.7 Å². The molecule has 2 N–H and O–H groups in total. The van der Waals surface area contributed by atoms with Crippen molar-refractivity contribution in [2.45, 2.75) is 26.3 Å². The van der Waals surface area contributed by atoms with Crippen molar-refractivity contribution in [2.24, 2.45) is 5.92 Å². The summed E-state index contributed by atoms with van der Waals surface area (Å²) >= 11 is 0. The van der Waals surface area contributed by atoms with Crippen LogP contribution in [0.15, 0.2) is 24.3 Å². The normalized spacial score (nSPS) is 19.7. The maximum atomic E-state index is 11.0. The number of nitrogens with zero attached hydrogens (tertiary/aromatic N) is 1. The number of rotatable bonds is 4. The van der Waals surface area contributed by atoms with E-state index in [1.807, 2.05) is 12.1 Å². The number of carbonyl (C=O) groups is 1. The summed E-state index contributed by atoms with van der Waals surface area (Å²) in [4.78, 5) is 13.3. The number of hydrogen-bond donors (Lipinski definition) is 2. The second kappa shape index (κ2) is 6.06. The van der Waals surface area contributed by atoms with Crippen molar-refractivity contribution in [2.75, 3.05) is 24.5 Å². The van der Waals surface area contributed by atoms with Crippen LogP contribution in [-0.4, -0.2) is 36.8 Å². The number of aromatic carboxylic acids is 1. The molecular formula is C15H22N2O2. The van der Waals surface area contributed by atoms with Gasteiger partial charge in [0.1, 0.15) is 0 Å². The van der Waals surface area contributed by atoms with Crippen LogP contribution >= 0.6 is 0 Å². The largest absolute Gasteiger partial charge is 0.478 e. The van der Waals surface area contributed by atoms with Gasteiger partial charge in [-0.1, -0.05) is 19.9 Å². The fourth-order valence-corrected chi connectivity index (χ4v) is 2.62. The molecule has 1 fully saturated rings. The van der Waals surface area contributed by atoms with E-state index in [2.05, 4.69) is 24.1 Å². The second-order valence-corrected chi connectivity index (χ2v) is 5.58. The second-order valence-electron chi connectivity index (χ2n) is 5.58. The van der Waals surface area contributed by atoms with Gasteiger partial charge in [0.2, 0.25) is 0 Å². The van der Waals surface area contributed by atoms with Gasteiger partial charge in [-0.3, -0.25) is 0 Å². The summed E-state index contributed by atoms with van der Waals surface area (Å²) in [5.41, 5.74) is 1.37. The molecule has 0 aliphatic carbocycles. The zero-order valence-corrected chi connectivity index (χ0v) is 11.6. The van der Waals surface area contributed by atoms with Crippen molar-refractivity contribution in [1.29, 1.82) is 0 Å². The summed E-state index contributed by atoms with van der Waals surface area (Å²) < 4.78 is 0. The van der Waals surface area contributed by atoms with E-state index in [-0.39, 0.29) is 0 Å². The van der Waals surface area contributed by atoms with E-state index in [1.165, 1.54) is 0 Å². The number of piperazine rings is 1. The Labute approximate surface area is 114 Å². The number of carboxylic acid groups (broad SMARTS) is 1. The van der Waals surface area contributed by atoms with Crippen molar-refractivity contribution in [1.82, 2.24) is 5.32 Å². The van der Waals surface area contributed by atoms with E-state index in [9.17, 15) is 4.79 Å². The van der Waals surface area contributed by atoms with Crippen LogP contribution in [0.3, 0.4) is 0 Å². The molecule has 19 heavy (non-hydrogen) atoms. The van der Waals surface area contributed by atoms with Crippen LogP contribution in [0, 0.1) is 5.92 Å². The summed E-state index contributed by atoms with van der Waals surface area (Å²) in [7, 11) is 0. The van der Waals surface area contributed by atoms with E-state index >= 15 is 0 Å². The molecule has 1 heterocycles. The van der Waals surface area contributed by atoms with Crippen molar-refractivity contribution < 1.29 is 9.90 Å². The average Bonchev–Trinajstić information content (AvgIpc) is 2.38. The standard InChI is InChI=1S/C15H22N2O2/c1-11(2)8-13-10-17(7-6-16-13)14-5-3-4-12(9-14)15(18)19/h3-5,9,11,13,16H,6-8,10H2,1-2H3,(H,18,19)/t13-/m0/s1. The maximum absolute atomic E-state index is 11.0. The Kier molecular flexibility index (Phi) is 4.43. The van der Waals surface area contributed by atoms with E-state index in [1.54, 1.807) is 12.1 Å². The highest BCUT2D eigenvalue weighted by Crippen LogP contribution is 2.19. The zero-order valence-electron chi connectivity index (χ0n) is 11.6. The lowest BCUT2D eigenvalue weighted by atomic mass is 10.0. The molecule has 0 aromatic heterocycles. The van der Waals surface area contributed by atoms with Gasteiger partial charge >= 0.3 is 5.97 Å². The van der Waals surface area contributed by atoms with Crippen molar-refractivity contribution in [3.05, 3.63) is 29.8 Å². The molecule has 1 aliphatic heterocycles. The molecule has 4 heteroatoms. The number of anilines is 1. The van der Waals surface area contributed by atoms with Gasteiger partial charge in [0.15, 0.2) is 0 Å². The van der Waals surface area contributed by atoms with Crippen molar-refractivity contribution in [3.8, 4) is 0 Å². The van der Waals surface area contributed by atoms with Gasteiger partial charge in [0.25, 0.3) is 0 Å². The Bertz CT molecular complexity index is 446. The number of benzene rings is 1. The summed E-state index contributed by atoms with van der Waals surface area (Å²) in [5.74, 6) is -0.196. The SMILES string of the molecule is CC(C)C[C@H]1CN(c2cccc(C(=O)O)c2)CCN1. The summed E-state index contributed by atoms with van der Waals surface area (Å²) in [6, 6.07) is 7.70. The van der Waals surface area contributed by atoms with Crippen LogP contribution in [0.5, 0.6) is 0 Å². The van der Waals surface area contributed by atoms with E-state index in [4.69, 9.17) is 5.11 Å². The minimum Gasteiger partial charge on any atom is -0.478 e. The Morgan fingerprint density at radius 1 is 1.53 bits per heavy atom. The first-order chi connectivity index (χ1) is 9.06. The smallest absolute Gasteiger partial charge is 0.335 e. The molecule has 1 aromatic rings. The summed E-state index contributed by atoms with van der Waals surface area (Å²) in [6.07, 6.45) is 1.15. The molecule has 0 spiro atoms. The highest BCUT2D eigenvalue weighted by molar-refractivity contribution is 5.88. The molecule has 0 unspecified atom stereocenters. The summed E-state index contributed by atoms with van der Waals surface area (Å²) in [5, 5.41) is 12.6. The minimum absolute atomic E-state index is 0.358. The number of nitrogens with one attached hydrogen (secondary N) is 1. The molecule has 1 aromatic carbocycles. The molecule has 104 valence electrons. The zero-order chi connectivity index (χ0) is 13.8. The van der Waals surface area contributed by atoms with Crippen LogP contribution in [0.2, 0.25) is 0 Å². The maximum Gasteiger partial charge on any atom is 0.335 e. The van der Waals surface area contributed by atoms with Gasteiger partial charge < -0.3 is 15.3 Å². The van der Waals surface area contributed by atoms with Gasteiger partial charge in [-0.05, 0) is 30.5 Å². The molecule has 2 rings (SSSR count). The first-order valence-electron chi connectivity index (χ1n) is 6.88. The Hall–Kier alpha value is -1.55. The van der Waals surface area contributed by atoms with Gasteiger partial charge in [-0.25, -0.2) is 4.79 Å². The molecule has 0 saturated carbocycles. The quantitative estimate of drug-likeness (QED) is 0.873. The lowest BCUT2D eigenvalue weighted by Crippen LogP contribution is -2.51. The van der Waals surface area contributed by atoms with Crippen molar-refractivity contribution >= 4 is 11.7 Å². The highest BCUT2D eigenvalue weighted by Gasteiger charge is 2.20. The van der Waals surface area contributed by atoms with Crippen LogP contribution in [0.25, 0.3) is 0 Å². The first-order valence-corrected chi connectivity index (χ1v) is 6.88. The number of hydrogen-bond acceptors (Lipinski definition) is 3. The van der Waals surface area contributed by atoms with Crippen LogP contribution in [0.4, 0.5) is 5.69 Å². The van der Waals surface area contributed by atoms with Gasteiger partial charge in [-0.2, -0.15) is 0 Å². The molecule has 4 nitrogen and oxygen atoms in total. The first kappa shape index (κ1) is 13.9. The summed E-state index contributed by atoms with van der Waals surface area (Å²) in [6.45, 7) is 7.28. The third kappa shape index (κ3) is 3.70. The van der Waals surface area contributed by atoms with E-state index in [0.29, 0.717) is 17.5 Å². The van der Waals surface area contributed by atoms with Gasteiger partial charge in [-0.15, -0.1) is 0 Å². The van der Waals surface area contributed by atoms with Crippen LogP contribution in [-0.2, 0) is 0 Å². The molecule has 1 atom stereocenters. The average molecular weight is 262 g/mol. The van der Waals surface area contributed by atoms with Crippen LogP contribution < -0.4 is 10.2 Å². The third-order valence-corrected chi connectivity index (χ3v) is 3.47. The fraction of sp³-hybridized carbons (Fsp3) is 0.533. The minimum atomic E-state index is -0.865. The highest BCUT2D eigenvalue weighted by atomic mass is 16.4. The third-order valence-electron chi connectivity index (χ3n) is 3.47. The molecule has 0 bridgehead atoms. The number of carboxylic acids is 1. The molecule has 0 amide bonds. The van der Waals surface area contributed by atoms with E-state index < -0.39 is 5.97 Å². The predicted molar refractivity (Wildman–Crippen MR) is 76.9 cm³/mol. The Morgan fingerprint density at radius 3 is 3.00 bits per heavy atom. The topological polar surface area (TPSA) is 52.6 Å². The van der Waals surface area contributed by atoms with Crippen LogP contribution in [0.1, 0.15) is 30.6 Å². The lowest BCUT2D eigenvalue weighted by molar-refractivity contribution is 0.0697. The van der Waals surface area contributed by atoms with Crippen molar-refractivity contribution in [3.63, 3.8) is 0 Å². The predicted octanol–water partition coefficient (Wildman–Crippen LogP) is 2.21. The van der Waals surface area contributed by atoms with Gasteiger partial charge in [0.05, 0.1) is 5.56 Å². The lowest BCUT2D eigenvalue weighted by Gasteiger charge is -2.36. The Balaban J connectivity index is 2.08. The molecule has 1 aliphatic rings. The monoisotopic (exact) mass is 262 g/mol.